The number of hydrogen-bond acceptors (Lipinski definition) is 4. The van der Waals surface area contributed by atoms with Crippen LogP contribution in [0.1, 0.15) is 13.3 Å². The maximum absolute atomic E-state index is 10.7. The molecular formula is C8H9NO3. The number of carbonyl (C=O) groups excluding carboxylic acids is 2. The van der Waals surface area contributed by atoms with Crippen LogP contribution in [0.2, 0.25) is 0 Å². The van der Waals surface area contributed by atoms with Crippen LogP contribution in [0, 0.1) is 11.3 Å². The van der Waals surface area contributed by atoms with Crippen molar-refractivity contribution < 1.29 is 14.3 Å². The molecular weight excluding hydrogens is 158 g/mol. The number of ketones is 1. The summed E-state index contributed by atoms with van der Waals surface area (Å²) in [5, 5.41) is 8.20. The van der Waals surface area contributed by atoms with Crippen LogP contribution in [0.5, 0.6) is 0 Å². The van der Waals surface area contributed by atoms with E-state index in [1.807, 2.05) is 0 Å². The van der Waals surface area contributed by atoms with Gasteiger partial charge in [0.25, 0.3) is 0 Å². The fraction of sp³-hybridized carbons (Fsp3) is 0.375. The number of esters is 1. The lowest BCUT2D eigenvalue weighted by Crippen LogP contribution is -2.09. The van der Waals surface area contributed by atoms with E-state index in [1.54, 1.807) is 6.07 Å². The Morgan fingerprint density at radius 1 is 1.58 bits per heavy atom. The van der Waals surface area contributed by atoms with Gasteiger partial charge in [0.1, 0.15) is 17.4 Å². The zero-order chi connectivity index (χ0) is 9.56. The van der Waals surface area contributed by atoms with Crippen LogP contribution in [-0.2, 0) is 14.3 Å². The molecule has 0 aliphatic heterocycles. The summed E-state index contributed by atoms with van der Waals surface area (Å²) in [6, 6.07) is 1.55. The molecule has 4 nitrogen and oxygen atoms in total. The Labute approximate surface area is 70.4 Å². The van der Waals surface area contributed by atoms with E-state index < -0.39 is 5.97 Å². The molecule has 0 aromatic rings. The van der Waals surface area contributed by atoms with Gasteiger partial charge in [-0.2, -0.15) is 5.26 Å². The number of nitrogens with zero attached hydrogens (tertiary/aromatic N) is 1. The van der Waals surface area contributed by atoms with Crippen molar-refractivity contribution in [3.8, 4) is 6.07 Å². The highest BCUT2D eigenvalue weighted by molar-refractivity contribution is 5.92. The number of hydrogen-bond donors (Lipinski definition) is 0. The van der Waals surface area contributed by atoms with Crippen molar-refractivity contribution in [2.45, 2.75) is 13.3 Å². The average molecular weight is 167 g/mol. The first-order chi connectivity index (χ1) is 5.57. The van der Waals surface area contributed by atoms with Crippen molar-refractivity contribution in [3.63, 3.8) is 0 Å². The Morgan fingerprint density at radius 2 is 2.17 bits per heavy atom. The quantitative estimate of drug-likeness (QED) is 0.349. The lowest BCUT2D eigenvalue weighted by atomic mass is 10.3. The molecule has 0 bridgehead atoms. The first kappa shape index (κ1) is 10.4. The molecule has 0 aromatic carbocycles. The fourth-order valence-electron chi connectivity index (χ4n) is 0.420. The largest absolute Gasteiger partial charge is 0.461 e. The summed E-state index contributed by atoms with van der Waals surface area (Å²) < 4.78 is 4.52. The van der Waals surface area contributed by atoms with Crippen molar-refractivity contribution in [1.82, 2.24) is 0 Å². The van der Waals surface area contributed by atoms with Gasteiger partial charge in [-0.1, -0.05) is 6.58 Å². The molecule has 0 rings (SSSR count). The van der Waals surface area contributed by atoms with Crippen molar-refractivity contribution in [1.29, 1.82) is 5.26 Å². The molecule has 0 radical (unpaired) electrons. The Balaban J connectivity index is 3.67. The minimum atomic E-state index is -0.765. The van der Waals surface area contributed by atoms with E-state index in [0.29, 0.717) is 0 Å². The standard InChI is InChI=1S/C8H9NO3/c1-6(5-9)8(11)12-4-3-7(2)10/h1,3-4H2,2H3. The van der Waals surface area contributed by atoms with Gasteiger partial charge in [-0.25, -0.2) is 4.79 Å². The van der Waals surface area contributed by atoms with Crippen LogP contribution in [0.4, 0.5) is 0 Å². The molecule has 0 fully saturated rings. The average Bonchev–Trinajstić information content (AvgIpc) is 2.02. The predicted molar refractivity (Wildman–Crippen MR) is 41.0 cm³/mol. The normalized spacial score (nSPS) is 8.33. The third kappa shape index (κ3) is 4.23. The molecule has 12 heavy (non-hydrogen) atoms. The smallest absolute Gasteiger partial charge is 0.348 e. The lowest BCUT2D eigenvalue weighted by molar-refractivity contribution is -0.139. The van der Waals surface area contributed by atoms with Gasteiger partial charge in [0.15, 0.2) is 0 Å². The Hall–Kier alpha value is -1.63. The second-order valence-electron chi connectivity index (χ2n) is 2.18. The SMILES string of the molecule is C=C(C#N)C(=O)OCCC(C)=O. The lowest BCUT2D eigenvalue weighted by Gasteiger charge is -1.99. The van der Waals surface area contributed by atoms with E-state index in [-0.39, 0.29) is 24.4 Å². The highest BCUT2D eigenvalue weighted by atomic mass is 16.5. The van der Waals surface area contributed by atoms with E-state index in [1.165, 1.54) is 6.92 Å². The first-order valence-corrected chi connectivity index (χ1v) is 3.33. The van der Waals surface area contributed by atoms with Crippen LogP contribution < -0.4 is 0 Å². The van der Waals surface area contributed by atoms with Crippen LogP contribution in [-0.4, -0.2) is 18.4 Å². The maximum atomic E-state index is 10.7. The van der Waals surface area contributed by atoms with Gasteiger partial charge in [-0.3, -0.25) is 4.79 Å². The van der Waals surface area contributed by atoms with Crippen molar-refractivity contribution >= 4 is 11.8 Å². The molecule has 0 saturated carbocycles. The molecule has 0 heterocycles. The zero-order valence-corrected chi connectivity index (χ0v) is 6.79. The van der Waals surface area contributed by atoms with Crippen molar-refractivity contribution in [3.05, 3.63) is 12.2 Å². The van der Waals surface area contributed by atoms with Gasteiger partial charge in [-0.05, 0) is 6.92 Å². The van der Waals surface area contributed by atoms with Gasteiger partial charge in [0, 0.05) is 6.42 Å². The molecule has 0 amide bonds. The van der Waals surface area contributed by atoms with E-state index >= 15 is 0 Å². The summed E-state index contributed by atoms with van der Waals surface area (Å²) in [4.78, 5) is 21.1. The predicted octanol–water partition coefficient (Wildman–Crippen LogP) is 0.588. The van der Waals surface area contributed by atoms with E-state index in [2.05, 4.69) is 11.3 Å². The zero-order valence-electron chi connectivity index (χ0n) is 6.79. The monoisotopic (exact) mass is 167 g/mol. The Morgan fingerprint density at radius 3 is 2.58 bits per heavy atom. The molecule has 0 atom stereocenters. The molecule has 64 valence electrons. The number of Topliss-reactive ketones (excluding diaryl/α,β-unsaturated/α-hetero) is 1. The van der Waals surface area contributed by atoms with Crippen LogP contribution in [0.3, 0.4) is 0 Å². The number of nitriles is 1. The van der Waals surface area contributed by atoms with Gasteiger partial charge in [-0.15, -0.1) is 0 Å². The molecule has 0 aliphatic carbocycles. The second kappa shape index (κ2) is 5.08. The molecule has 4 heteroatoms. The summed E-state index contributed by atoms with van der Waals surface area (Å²) in [7, 11) is 0. The Kier molecular flexibility index (Phi) is 4.39. The summed E-state index contributed by atoms with van der Waals surface area (Å²) in [5.74, 6) is -0.830. The van der Waals surface area contributed by atoms with Gasteiger partial charge < -0.3 is 4.74 Å². The molecule has 0 N–H and O–H groups in total. The highest BCUT2D eigenvalue weighted by Gasteiger charge is 2.06. The van der Waals surface area contributed by atoms with Crippen LogP contribution in [0.15, 0.2) is 12.2 Å². The fourth-order valence-corrected chi connectivity index (χ4v) is 0.420. The summed E-state index contributed by atoms with van der Waals surface area (Å²) in [6.45, 7) is 4.55. The van der Waals surface area contributed by atoms with Crippen molar-refractivity contribution in [2.75, 3.05) is 6.61 Å². The summed E-state index contributed by atoms with van der Waals surface area (Å²) >= 11 is 0. The minimum Gasteiger partial charge on any atom is -0.461 e. The summed E-state index contributed by atoms with van der Waals surface area (Å²) in [5.41, 5.74) is -0.251. The number of carbonyl (C=O) groups is 2. The second-order valence-corrected chi connectivity index (χ2v) is 2.18. The van der Waals surface area contributed by atoms with E-state index in [4.69, 9.17) is 5.26 Å². The van der Waals surface area contributed by atoms with Gasteiger partial charge in [0.2, 0.25) is 0 Å². The molecule has 0 unspecified atom stereocenters. The topological polar surface area (TPSA) is 67.2 Å². The van der Waals surface area contributed by atoms with E-state index in [9.17, 15) is 9.59 Å². The minimum absolute atomic E-state index is 0.00880. The highest BCUT2D eigenvalue weighted by Crippen LogP contribution is 1.93. The molecule has 0 saturated heterocycles. The maximum Gasteiger partial charge on any atom is 0.348 e. The van der Waals surface area contributed by atoms with Gasteiger partial charge in [0.05, 0.1) is 6.61 Å². The number of rotatable bonds is 4. The van der Waals surface area contributed by atoms with Crippen LogP contribution in [0.25, 0.3) is 0 Å². The molecule has 0 aliphatic rings. The molecule has 0 aromatic heterocycles. The summed E-state index contributed by atoms with van der Waals surface area (Å²) in [6.07, 6.45) is 0.171. The number of ether oxygens (including phenoxy) is 1. The Bertz CT molecular complexity index is 250. The first-order valence-electron chi connectivity index (χ1n) is 3.33. The third-order valence-corrected chi connectivity index (χ3v) is 1.07. The van der Waals surface area contributed by atoms with Crippen LogP contribution >= 0.6 is 0 Å². The molecule has 0 spiro atoms. The third-order valence-electron chi connectivity index (χ3n) is 1.07. The van der Waals surface area contributed by atoms with Gasteiger partial charge >= 0.3 is 5.97 Å². The van der Waals surface area contributed by atoms with E-state index in [0.717, 1.165) is 0 Å². The van der Waals surface area contributed by atoms with Crippen molar-refractivity contribution in [2.24, 2.45) is 0 Å².